The van der Waals surface area contributed by atoms with Gasteiger partial charge >= 0.3 is 0 Å². The molecule has 0 radical (unpaired) electrons. The van der Waals surface area contributed by atoms with Crippen molar-refractivity contribution >= 4 is 6.08 Å². The molecule has 1 heteroatoms. The van der Waals surface area contributed by atoms with Crippen LogP contribution in [0, 0.1) is 12.7 Å². The first-order valence-corrected chi connectivity index (χ1v) is 4.61. The average Bonchev–Trinajstić information content (AvgIpc) is 2.14. The summed E-state index contributed by atoms with van der Waals surface area (Å²) in [6.45, 7) is 5.72. The molecule has 13 heavy (non-hydrogen) atoms. The van der Waals surface area contributed by atoms with Crippen molar-refractivity contribution in [2.45, 2.75) is 27.2 Å². The van der Waals surface area contributed by atoms with Crippen molar-refractivity contribution in [2.24, 2.45) is 0 Å². The fourth-order valence-corrected chi connectivity index (χ4v) is 1.39. The Morgan fingerprint density at radius 2 is 2.08 bits per heavy atom. The van der Waals surface area contributed by atoms with Gasteiger partial charge in [0.1, 0.15) is 5.82 Å². The van der Waals surface area contributed by atoms with Crippen LogP contribution < -0.4 is 0 Å². The van der Waals surface area contributed by atoms with E-state index in [2.05, 4.69) is 0 Å². The highest BCUT2D eigenvalue weighted by Crippen LogP contribution is 2.18. The van der Waals surface area contributed by atoms with E-state index in [0.717, 1.165) is 23.1 Å². The highest BCUT2D eigenvalue weighted by molar-refractivity contribution is 5.54. The van der Waals surface area contributed by atoms with Gasteiger partial charge in [0.25, 0.3) is 0 Å². The van der Waals surface area contributed by atoms with Crippen LogP contribution in [0.1, 0.15) is 30.5 Å². The Bertz CT molecular complexity index is 324. The van der Waals surface area contributed by atoms with Crippen LogP contribution in [0.2, 0.25) is 0 Å². The number of allylic oxidation sites excluding steroid dienone is 1. The quantitative estimate of drug-likeness (QED) is 0.647. The Kier molecular flexibility index (Phi) is 3.24. The van der Waals surface area contributed by atoms with Crippen molar-refractivity contribution < 1.29 is 4.39 Å². The van der Waals surface area contributed by atoms with Crippen LogP contribution in [0.5, 0.6) is 0 Å². The molecule has 1 aromatic rings. The monoisotopic (exact) mass is 178 g/mol. The molecule has 0 atom stereocenters. The third kappa shape index (κ3) is 1.97. The van der Waals surface area contributed by atoms with Crippen molar-refractivity contribution in [3.8, 4) is 0 Å². The molecule has 1 aromatic carbocycles. The standard InChI is InChI=1S/C12H15F/c1-4-6-11-8-7-10(5-2)12(13)9(11)3/h4,6-8H,5H2,1-3H3/b6-4-. The molecule has 0 heterocycles. The highest BCUT2D eigenvalue weighted by Gasteiger charge is 2.05. The molecule has 0 spiro atoms. The normalized spacial score (nSPS) is 11.1. The summed E-state index contributed by atoms with van der Waals surface area (Å²) >= 11 is 0. The first-order chi connectivity index (χ1) is 6.20. The van der Waals surface area contributed by atoms with Gasteiger partial charge in [-0.3, -0.25) is 0 Å². The summed E-state index contributed by atoms with van der Waals surface area (Å²) in [7, 11) is 0. The lowest BCUT2D eigenvalue weighted by Crippen LogP contribution is -1.93. The van der Waals surface area contributed by atoms with E-state index in [1.54, 1.807) is 0 Å². The minimum atomic E-state index is -0.0573. The summed E-state index contributed by atoms with van der Waals surface area (Å²) < 4.78 is 13.6. The first-order valence-electron chi connectivity index (χ1n) is 4.61. The Hall–Kier alpha value is -1.11. The summed E-state index contributed by atoms with van der Waals surface area (Å²) in [6, 6.07) is 3.83. The Balaban J connectivity index is 3.22. The van der Waals surface area contributed by atoms with Crippen molar-refractivity contribution in [3.05, 3.63) is 40.7 Å². The molecule has 0 aliphatic heterocycles. The summed E-state index contributed by atoms with van der Waals surface area (Å²) in [5, 5.41) is 0. The predicted molar refractivity (Wildman–Crippen MR) is 55.2 cm³/mol. The van der Waals surface area contributed by atoms with Gasteiger partial charge in [0.2, 0.25) is 0 Å². The number of hydrogen-bond acceptors (Lipinski definition) is 0. The second-order valence-corrected chi connectivity index (χ2v) is 3.11. The predicted octanol–water partition coefficient (Wildman–Crippen LogP) is 3.73. The lowest BCUT2D eigenvalue weighted by atomic mass is 10.0. The number of hydrogen-bond donors (Lipinski definition) is 0. The molecule has 0 aliphatic carbocycles. The molecular weight excluding hydrogens is 163 g/mol. The molecule has 0 fully saturated rings. The third-order valence-electron chi connectivity index (χ3n) is 2.24. The average molecular weight is 178 g/mol. The van der Waals surface area contributed by atoms with Crippen LogP contribution in [-0.2, 0) is 6.42 Å². The van der Waals surface area contributed by atoms with Crippen molar-refractivity contribution in [1.82, 2.24) is 0 Å². The molecule has 0 bridgehead atoms. The van der Waals surface area contributed by atoms with Gasteiger partial charge in [-0.2, -0.15) is 0 Å². The molecular formula is C12H15F. The van der Waals surface area contributed by atoms with E-state index in [4.69, 9.17) is 0 Å². The number of rotatable bonds is 2. The maximum atomic E-state index is 13.6. The van der Waals surface area contributed by atoms with E-state index in [0.29, 0.717) is 0 Å². The maximum Gasteiger partial charge on any atom is 0.129 e. The van der Waals surface area contributed by atoms with Gasteiger partial charge in [0, 0.05) is 0 Å². The van der Waals surface area contributed by atoms with E-state index >= 15 is 0 Å². The second-order valence-electron chi connectivity index (χ2n) is 3.11. The molecule has 1 rings (SSSR count). The molecule has 0 amide bonds. The molecule has 0 saturated carbocycles. The lowest BCUT2D eigenvalue weighted by molar-refractivity contribution is 0.602. The van der Waals surface area contributed by atoms with Crippen LogP contribution in [0.15, 0.2) is 18.2 Å². The minimum absolute atomic E-state index is 0.0573. The summed E-state index contributed by atoms with van der Waals surface area (Å²) in [5.41, 5.74) is 2.51. The van der Waals surface area contributed by atoms with Gasteiger partial charge in [-0.05, 0) is 37.0 Å². The van der Waals surface area contributed by atoms with Crippen molar-refractivity contribution in [3.63, 3.8) is 0 Å². The summed E-state index contributed by atoms with van der Waals surface area (Å²) in [4.78, 5) is 0. The van der Waals surface area contributed by atoms with Crippen LogP contribution in [0.3, 0.4) is 0 Å². The first kappa shape index (κ1) is 9.97. The molecule has 0 nitrogen and oxygen atoms in total. The minimum Gasteiger partial charge on any atom is -0.206 e. The van der Waals surface area contributed by atoms with Gasteiger partial charge < -0.3 is 0 Å². The third-order valence-corrected chi connectivity index (χ3v) is 2.24. The number of aryl methyl sites for hydroxylation is 1. The molecule has 0 aromatic heterocycles. The zero-order chi connectivity index (χ0) is 9.84. The van der Waals surface area contributed by atoms with E-state index in [1.165, 1.54) is 0 Å². The van der Waals surface area contributed by atoms with E-state index in [-0.39, 0.29) is 5.82 Å². The SMILES string of the molecule is C/C=C\c1ccc(CC)c(F)c1C. The van der Waals surface area contributed by atoms with Crippen LogP contribution in [0.25, 0.3) is 6.08 Å². The number of halogens is 1. The highest BCUT2D eigenvalue weighted by atomic mass is 19.1. The van der Waals surface area contributed by atoms with Crippen LogP contribution >= 0.6 is 0 Å². The maximum absolute atomic E-state index is 13.6. The van der Waals surface area contributed by atoms with Gasteiger partial charge in [0.05, 0.1) is 0 Å². The van der Waals surface area contributed by atoms with Crippen LogP contribution in [0.4, 0.5) is 4.39 Å². The van der Waals surface area contributed by atoms with Crippen molar-refractivity contribution in [2.75, 3.05) is 0 Å². The van der Waals surface area contributed by atoms with Crippen LogP contribution in [-0.4, -0.2) is 0 Å². The Morgan fingerprint density at radius 3 is 2.62 bits per heavy atom. The molecule has 0 N–H and O–H groups in total. The van der Waals surface area contributed by atoms with Crippen molar-refractivity contribution in [1.29, 1.82) is 0 Å². The zero-order valence-electron chi connectivity index (χ0n) is 8.39. The fourth-order valence-electron chi connectivity index (χ4n) is 1.39. The van der Waals surface area contributed by atoms with E-state index in [1.807, 2.05) is 45.1 Å². The van der Waals surface area contributed by atoms with Gasteiger partial charge in [0.15, 0.2) is 0 Å². The molecule has 0 unspecified atom stereocenters. The molecule has 70 valence electrons. The van der Waals surface area contributed by atoms with E-state index in [9.17, 15) is 4.39 Å². The fraction of sp³-hybridized carbons (Fsp3) is 0.333. The topological polar surface area (TPSA) is 0 Å². The molecule has 0 aliphatic rings. The summed E-state index contributed by atoms with van der Waals surface area (Å²) in [5.74, 6) is -0.0573. The van der Waals surface area contributed by atoms with Gasteiger partial charge in [-0.25, -0.2) is 4.39 Å². The van der Waals surface area contributed by atoms with Gasteiger partial charge in [-0.1, -0.05) is 31.2 Å². The summed E-state index contributed by atoms with van der Waals surface area (Å²) in [6.07, 6.45) is 4.61. The Morgan fingerprint density at radius 1 is 1.38 bits per heavy atom. The van der Waals surface area contributed by atoms with E-state index < -0.39 is 0 Å². The van der Waals surface area contributed by atoms with Gasteiger partial charge in [-0.15, -0.1) is 0 Å². The molecule has 0 saturated heterocycles. The lowest BCUT2D eigenvalue weighted by Gasteiger charge is -2.06. The smallest absolute Gasteiger partial charge is 0.129 e. The zero-order valence-corrected chi connectivity index (χ0v) is 8.39. The number of benzene rings is 1. The largest absolute Gasteiger partial charge is 0.206 e. The Labute approximate surface area is 79.1 Å². The second kappa shape index (κ2) is 4.22.